The minimum atomic E-state index is -0.245. The van der Waals surface area contributed by atoms with Gasteiger partial charge in [0.2, 0.25) is 0 Å². The molecule has 1 unspecified atom stereocenters. The van der Waals surface area contributed by atoms with Crippen molar-refractivity contribution in [2.24, 2.45) is 0 Å². The number of ketones is 1. The van der Waals surface area contributed by atoms with Crippen LogP contribution in [0.15, 0.2) is 30.3 Å². The van der Waals surface area contributed by atoms with Gasteiger partial charge in [-0.1, -0.05) is 30.3 Å². The normalized spacial score (nSPS) is 19.8. The predicted octanol–water partition coefficient (Wildman–Crippen LogP) is 1.89. The molecule has 1 aliphatic rings. The maximum Gasteiger partial charge on any atom is 0.310 e. The number of hydrogen-bond donors (Lipinski definition) is 0. The van der Waals surface area contributed by atoms with Gasteiger partial charge in [-0.05, 0) is 12.0 Å². The average molecular weight is 218 g/mol. The van der Waals surface area contributed by atoms with Crippen molar-refractivity contribution in [3.63, 3.8) is 0 Å². The highest BCUT2D eigenvalue weighted by Gasteiger charge is 2.25. The lowest BCUT2D eigenvalue weighted by Crippen LogP contribution is -2.17. The first-order chi connectivity index (χ1) is 7.74. The Bertz CT molecular complexity index is 383. The predicted molar refractivity (Wildman–Crippen MR) is 58.9 cm³/mol. The van der Waals surface area contributed by atoms with E-state index < -0.39 is 0 Å². The van der Waals surface area contributed by atoms with Crippen molar-refractivity contribution in [2.45, 2.75) is 31.8 Å². The zero-order valence-corrected chi connectivity index (χ0v) is 9.02. The standard InChI is InChI=1S/C13H14O3/c14-11-6-7-12(9-11)16-13(15)8-10-4-2-1-3-5-10/h1-5,12H,6-9H2. The molecule has 3 heteroatoms. The largest absolute Gasteiger partial charge is 0.462 e. The molecule has 3 nitrogen and oxygen atoms in total. The first-order valence-corrected chi connectivity index (χ1v) is 5.49. The third-order valence-electron chi connectivity index (χ3n) is 2.69. The zero-order chi connectivity index (χ0) is 11.4. The summed E-state index contributed by atoms with van der Waals surface area (Å²) < 4.78 is 5.23. The quantitative estimate of drug-likeness (QED) is 0.728. The molecule has 2 rings (SSSR count). The van der Waals surface area contributed by atoms with Crippen LogP contribution in [0.1, 0.15) is 24.8 Å². The Balaban J connectivity index is 1.83. The lowest BCUT2D eigenvalue weighted by atomic mass is 10.1. The van der Waals surface area contributed by atoms with Crippen LogP contribution in [0.5, 0.6) is 0 Å². The summed E-state index contributed by atoms with van der Waals surface area (Å²) in [6.07, 6.45) is 1.71. The smallest absolute Gasteiger partial charge is 0.310 e. The summed E-state index contributed by atoms with van der Waals surface area (Å²) in [6.45, 7) is 0. The fraction of sp³-hybridized carbons (Fsp3) is 0.385. The molecule has 0 radical (unpaired) electrons. The van der Waals surface area contributed by atoms with Crippen LogP contribution < -0.4 is 0 Å². The highest BCUT2D eigenvalue weighted by molar-refractivity contribution is 5.82. The molecule has 1 saturated carbocycles. The highest BCUT2D eigenvalue weighted by atomic mass is 16.5. The van der Waals surface area contributed by atoms with Crippen molar-refractivity contribution >= 4 is 11.8 Å². The molecule has 0 aromatic heterocycles. The van der Waals surface area contributed by atoms with Crippen LogP contribution in [0.3, 0.4) is 0 Å². The summed E-state index contributed by atoms with van der Waals surface area (Å²) >= 11 is 0. The van der Waals surface area contributed by atoms with Gasteiger partial charge in [0.1, 0.15) is 11.9 Å². The Morgan fingerprint density at radius 2 is 2.06 bits per heavy atom. The van der Waals surface area contributed by atoms with E-state index in [0.29, 0.717) is 19.3 Å². The van der Waals surface area contributed by atoms with Crippen molar-refractivity contribution in [2.75, 3.05) is 0 Å². The Labute approximate surface area is 94.4 Å². The van der Waals surface area contributed by atoms with Gasteiger partial charge in [0.15, 0.2) is 0 Å². The first kappa shape index (κ1) is 10.9. The fourth-order valence-corrected chi connectivity index (χ4v) is 1.87. The second-order valence-corrected chi connectivity index (χ2v) is 4.06. The monoisotopic (exact) mass is 218 g/mol. The van der Waals surface area contributed by atoms with E-state index >= 15 is 0 Å². The molecule has 0 bridgehead atoms. The van der Waals surface area contributed by atoms with Crippen LogP contribution in [-0.2, 0) is 20.7 Å². The Morgan fingerprint density at radius 3 is 2.69 bits per heavy atom. The number of Topliss-reactive ketones (excluding diaryl/α,β-unsaturated/α-hetero) is 1. The summed E-state index contributed by atoms with van der Waals surface area (Å²) in [7, 11) is 0. The van der Waals surface area contributed by atoms with Crippen LogP contribution in [0.25, 0.3) is 0 Å². The van der Waals surface area contributed by atoms with Gasteiger partial charge in [-0.2, -0.15) is 0 Å². The summed E-state index contributed by atoms with van der Waals surface area (Å²) in [4.78, 5) is 22.5. The molecule has 1 aromatic carbocycles. The van der Waals surface area contributed by atoms with E-state index in [1.54, 1.807) is 0 Å². The van der Waals surface area contributed by atoms with Gasteiger partial charge in [-0.25, -0.2) is 0 Å². The van der Waals surface area contributed by atoms with Gasteiger partial charge in [0, 0.05) is 12.8 Å². The number of carbonyl (C=O) groups is 2. The Kier molecular flexibility index (Phi) is 3.34. The SMILES string of the molecule is O=C1CCC(OC(=O)Cc2ccccc2)C1. The summed E-state index contributed by atoms with van der Waals surface area (Å²) in [5.41, 5.74) is 0.942. The number of benzene rings is 1. The van der Waals surface area contributed by atoms with Crippen molar-refractivity contribution in [3.8, 4) is 0 Å². The number of ether oxygens (including phenoxy) is 1. The van der Waals surface area contributed by atoms with Crippen molar-refractivity contribution in [1.82, 2.24) is 0 Å². The lowest BCUT2D eigenvalue weighted by Gasteiger charge is -2.10. The van der Waals surface area contributed by atoms with Gasteiger partial charge in [0.05, 0.1) is 6.42 Å². The van der Waals surface area contributed by atoms with Gasteiger partial charge in [-0.15, -0.1) is 0 Å². The minimum Gasteiger partial charge on any atom is -0.462 e. The lowest BCUT2D eigenvalue weighted by molar-refractivity contribution is -0.148. The van der Waals surface area contributed by atoms with E-state index in [1.807, 2.05) is 30.3 Å². The molecule has 84 valence electrons. The van der Waals surface area contributed by atoms with Gasteiger partial charge < -0.3 is 4.74 Å². The number of hydrogen-bond acceptors (Lipinski definition) is 3. The molecule has 0 aliphatic heterocycles. The second kappa shape index (κ2) is 4.92. The minimum absolute atomic E-state index is 0.191. The van der Waals surface area contributed by atoms with E-state index in [2.05, 4.69) is 0 Å². The Morgan fingerprint density at radius 1 is 1.31 bits per heavy atom. The Hall–Kier alpha value is -1.64. The van der Waals surface area contributed by atoms with Crippen molar-refractivity contribution in [3.05, 3.63) is 35.9 Å². The maximum absolute atomic E-state index is 11.5. The zero-order valence-electron chi connectivity index (χ0n) is 9.02. The maximum atomic E-state index is 11.5. The second-order valence-electron chi connectivity index (χ2n) is 4.06. The molecule has 16 heavy (non-hydrogen) atoms. The highest BCUT2D eigenvalue weighted by Crippen LogP contribution is 2.18. The summed E-state index contributed by atoms with van der Waals surface area (Å²) in [6, 6.07) is 9.47. The number of rotatable bonds is 3. The van der Waals surface area contributed by atoms with Crippen molar-refractivity contribution < 1.29 is 14.3 Å². The molecule has 0 amide bonds. The van der Waals surface area contributed by atoms with Crippen LogP contribution in [0.4, 0.5) is 0 Å². The molecular weight excluding hydrogens is 204 g/mol. The molecule has 0 spiro atoms. The van der Waals surface area contributed by atoms with E-state index in [0.717, 1.165) is 5.56 Å². The van der Waals surface area contributed by atoms with Crippen LogP contribution >= 0.6 is 0 Å². The molecule has 1 fully saturated rings. The number of esters is 1. The first-order valence-electron chi connectivity index (χ1n) is 5.49. The van der Waals surface area contributed by atoms with Gasteiger partial charge >= 0.3 is 5.97 Å². The third kappa shape index (κ3) is 2.92. The molecule has 1 atom stereocenters. The van der Waals surface area contributed by atoms with E-state index in [1.165, 1.54) is 0 Å². The number of carbonyl (C=O) groups excluding carboxylic acids is 2. The third-order valence-corrected chi connectivity index (χ3v) is 2.69. The van der Waals surface area contributed by atoms with E-state index in [-0.39, 0.29) is 24.3 Å². The van der Waals surface area contributed by atoms with E-state index in [9.17, 15) is 9.59 Å². The van der Waals surface area contributed by atoms with Crippen LogP contribution in [0.2, 0.25) is 0 Å². The fourth-order valence-electron chi connectivity index (χ4n) is 1.87. The van der Waals surface area contributed by atoms with Gasteiger partial charge in [-0.3, -0.25) is 9.59 Å². The van der Waals surface area contributed by atoms with Gasteiger partial charge in [0.25, 0.3) is 0 Å². The van der Waals surface area contributed by atoms with Crippen molar-refractivity contribution in [1.29, 1.82) is 0 Å². The van der Waals surface area contributed by atoms with Crippen LogP contribution in [-0.4, -0.2) is 17.9 Å². The molecule has 0 saturated heterocycles. The average Bonchev–Trinajstić information content (AvgIpc) is 2.65. The summed E-state index contributed by atoms with van der Waals surface area (Å²) in [5, 5.41) is 0. The van der Waals surface area contributed by atoms with E-state index in [4.69, 9.17) is 4.74 Å². The molecule has 1 aliphatic carbocycles. The topological polar surface area (TPSA) is 43.4 Å². The molecule has 0 heterocycles. The molecular formula is C13H14O3. The molecule has 0 N–H and O–H groups in total. The molecule has 1 aromatic rings. The van der Waals surface area contributed by atoms with Crippen LogP contribution in [0, 0.1) is 0 Å². The summed E-state index contributed by atoms with van der Waals surface area (Å²) in [5.74, 6) is -0.0524.